The molecule has 2 unspecified atom stereocenters. The summed E-state index contributed by atoms with van der Waals surface area (Å²) < 4.78 is 4.78. The van der Waals surface area contributed by atoms with Crippen LogP contribution in [-0.2, 0) is 6.54 Å². The second-order valence-electron chi connectivity index (χ2n) is 18.8. The molecule has 332 valence electrons. The first kappa shape index (κ1) is 42.7. The maximum Gasteiger partial charge on any atom is 0.240 e. The Morgan fingerprint density at radius 2 is 1.07 bits per heavy atom. The van der Waals surface area contributed by atoms with Gasteiger partial charge in [0.1, 0.15) is 41.7 Å². The van der Waals surface area contributed by atoms with E-state index in [2.05, 4.69) is 274 Å². The lowest BCUT2D eigenvalue weighted by Gasteiger charge is -2.28. The van der Waals surface area contributed by atoms with Crippen LogP contribution < -0.4 is 18.9 Å². The van der Waals surface area contributed by atoms with Crippen molar-refractivity contribution < 1.29 is 14.0 Å². The Bertz CT molecular complexity index is 3430. The fourth-order valence-corrected chi connectivity index (χ4v) is 10.8. The number of aromatic nitrogens is 2. The van der Waals surface area contributed by atoms with Crippen LogP contribution in [0.1, 0.15) is 65.0 Å². The summed E-state index contributed by atoms with van der Waals surface area (Å²) >= 11 is 0. The van der Waals surface area contributed by atoms with Crippen LogP contribution in [0, 0.1) is 34.1 Å². The van der Waals surface area contributed by atoms with E-state index in [1.54, 1.807) is 0 Å². The number of benzene rings is 8. The Hall–Kier alpha value is -7.92. The third-order valence-electron chi connectivity index (χ3n) is 14.0. The number of hydrogen-bond acceptors (Lipinski definition) is 1. The van der Waals surface area contributed by atoms with Crippen LogP contribution in [-0.4, -0.2) is 0 Å². The molecule has 8 aromatic carbocycles. The molecular weight excluding hydrogens is 825 g/mol. The lowest BCUT2D eigenvalue weighted by molar-refractivity contribution is -0.881. The fraction of sp³-hybridized carbons (Fsp3) is 0.125. The van der Waals surface area contributed by atoms with Gasteiger partial charge >= 0.3 is 0 Å². The van der Waals surface area contributed by atoms with Gasteiger partial charge in [-0.3, -0.25) is 9.47 Å². The average molecular weight is 882 g/mol. The number of anilines is 1. The molecule has 10 aromatic rings. The first-order valence-corrected chi connectivity index (χ1v) is 24.0. The van der Waals surface area contributed by atoms with Gasteiger partial charge in [0.15, 0.2) is 0 Å². The minimum Gasteiger partial charge on any atom is -0.342 e. The van der Waals surface area contributed by atoms with Crippen LogP contribution in [0.3, 0.4) is 0 Å². The summed E-state index contributed by atoms with van der Waals surface area (Å²) in [5.41, 5.74) is 19.4. The molecule has 68 heavy (non-hydrogen) atoms. The van der Waals surface area contributed by atoms with E-state index in [0.29, 0.717) is 5.92 Å². The minimum atomic E-state index is 0.0243. The third kappa shape index (κ3) is 7.87. The second-order valence-corrected chi connectivity index (χ2v) is 18.8. The lowest BCUT2D eigenvalue weighted by atomic mass is 9.92. The lowest BCUT2D eigenvalue weighted by Crippen LogP contribution is -3.03. The number of quaternary nitrogens is 1. The zero-order chi connectivity index (χ0) is 46.3. The molecule has 2 atom stereocenters. The van der Waals surface area contributed by atoms with Gasteiger partial charge in [-0.25, -0.2) is 0 Å². The topological polar surface area (TPSA) is 15.4 Å². The molecule has 0 radical (unpaired) electrons. The number of hydrogen-bond donors (Lipinski definition) is 1. The Balaban J connectivity index is 0.000000159. The monoisotopic (exact) mass is 881 g/mol. The van der Waals surface area contributed by atoms with Crippen molar-refractivity contribution in [2.45, 2.75) is 53.1 Å². The van der Waals surface area contributed by atoms with E-state index >= 15 is 0 Å². The summed E-state index contributed by atoms with van der Waals surface area (Å²) in [6, 6.07) is 77.2. The van der Waals surface area contributed by atoms with E-state index in [1.807, 2.05) is 0 Å². The zero-order valence-corrected chi connectivity index (χ0v) is 39.6. The van der Waals surface area contributed by atoms with Gasteiger partial charge in [0, 0.05) is 16.8 Å². The molecular formula is C64H57N4+. The van der Waals surface area contributed by atoms with Crippen molar-refractivity contribution in [3.8, 4) is 33.6 Å². The quantitative estimate of drug-likeness (QED) is 0.125. The first-order valence-electron chi connectivity index (χ1n) is 24.0. The van der Waals surface area contributed by atoms with Crippen LogP contribution >= 0.6 is 0 Å². The van der Waals surface area contributed by atoms with Crippen molar-refractivity contribution >= 4 is 32.9 Å². The molecule has 0 saturated heterocycles. The molecule has 2 aromatic heterocycles. The highest BCUT2D eigenvalue weighted by Gasteiger charge is 2.36. The number of pyridine rings is 2. The van der Waals surface area contributed by atoms with Crippen LogP contribution in [0.2, 0.25) is 0 Å². The van der Waals surface area contributed by atoms with Crippen molar-refractivity contribution in [3.05, 3.63) is 265 Å². The molecule has 4 nitrogen and oxygen atoms in total. The van der Waals surface area contributed by atoms with Crippen LogP contribution in [0.4, 0.5) is 11.4 Å². The van der Waals surface area contributed by atoms with Crippen molar-refractivity contribution in [2.75, 3.05) is 4.90 Å². The average Bonchev–Trinajstić information content (AvgIpc) is 3.99. The summed E-state index contributed by atoms with van der Waals surface area (Å²) in [5, 5.41) is 5.10. The van der Waals surface area contributed by atoms with Gasteiger partial charge in [0.2, 0.25) is 6.67 Å². The minimum absolute atomic E-state index is 0.0243. The molecule has 0 amide bonds. The molecule has 0 aliphatic carbocycles. The molecule has 0 bridgehead atoms. The number of rotatable bonds is 7. The molecule has 0 spiro atoms. The van der Waals surface area contributed by atoms with Gasteiger partial charge in [-0.1, -0.05) is 195 Å². The number of aryl methyl sites for hydroxylation is 3. The second kappa shape index (κ2) is 18.0. The molecule has 0 fully saturated rings. The van der Waals surface area contributed by atoms with E-state index in [0.717, 1.165) is 6.54 Å². The van der Waals surface area contributed by atoms with Gasteiger partial charge in [-0.05, 0) is 118 Å². The Labute approximate surface area is 401 Å². The summed E-state index contributed by atoms with van der Waals surface area (Å²) in [6.07, 6.45) is 0. The van der Waals surface area contributed by atoms with E-state index in [9.17, 15) is 0 Å². The SMILES string of the molecule is CC(C)c1ccc(N2[CH-][n+]3c(-c4cccc5ccccc45)cccc3C2c2ccccc2-c2ccccc2)cc1.Cc1cc(C)c([NH+]2[CH-][n+]3c(cccc3-c3cccc4ccccc34)C2)c(C)c1. The normalized spacial score (nSPS) is 14.8. The van der Waals surface area contributed by atoms with Crippen molar-refractivity contribution in [2.24, 2.45) is 0 Å². The maximum atomic E-state index is 2.44. The zero-order valence-electron chi connectivity index (χ0n) is 39.6. The van der Waals surface area contributed by atoms with Gasteiger partial charge in [-0.2, -0.15) is 0 Å². The molecule has 0 saturated carbocycles. The van der Waals surface area contributed by atoms with Crippen molar-refractivity contribution in [3.63, 3.8) is 0 Å². The van der Waals surface area contributed by atoms with Crippen LogP contribution in [0.25, 0.3) is 55.2 Å². The number of fused-ring (bicyclic) bond motifs is 4. The predicted octanol–water partition coefficient (Wildman–Crippen LogP) is 13.6. The van der Waals surface area contributed by atoms with Crippen molar-refractivity contribution in [1.29, 1.82) is 0 Å². The highest BCUT2D eigenvalue weighted by Crippen LogP contribution is 2.42. The van der Waals surface area contributed by atoms with Gasteiger partial charge in [0.25, 0.3) is 0 Å². The van der Waals surface area contributed by atoms with Crippen molar-refractivity contribution in [1.82, 2.24) is 0 Å². The smallest absolute Gasteiger partial charge is 0.240 e. The molecule has 1 N–H and O–H groups in total. The molecule has 2 aliphatic heterocycles. The van der Waals surface area contributed by atoms with Crippen LogP contribution in [0.15, 0.2) is 212 Å². The number of nitrogens with zero attached hydrogens (tertiary/aromatic N) is 3. The molecule has 12 rings (SSSR count). The van der Waals surface area contributed by atoms with E-state index in [1.165, 1.54) is 111 Å². The Morgan fingerprint density at radius 1 is 0.529 bits per heavy atom. The van der Waals surface area contributed by atoms with Gasteiger partial charge < -0.3 is 9.47 Å². The Kier molecular flexibility index (Phi) is 11.3. The van der Waals surface area contributed by atoms with Gasteiger partial charge in [0.05, 0.1) is 6.04 Å². The summed E-state index contributed by atoms with van der Waals surface area (Å²) in [4.78, 5) is 3.85. The molecule has 4 heterocycles. The number of nitrogens with one attached hydrogen (secondary N) is 1. The first-order chi connectivity index (χ1) is 33.3. The Morgan fingerprint density at radius 3 is 1.74 bits per heavy atom. The largest absolute Gasteiger partial charge is 0.342 e. The summed E-state index contributed by atoms with van der Waals surface area (Å²) in [7, 11) is 0. The van der Waals surface area contributed by atoms with Crippen LogP contribution in [0.5, 0.6) is 0 Å². The third-order valence-corrected chi connectivity index (χ3v) is 14.0. The fourth-order valence-electron chi connectivity index (χ4n) is 10.8. The highest BCUT2D eigenvalue weighted by atomic mass is 15.3. The van der Waals surface area contributed by atoms with E-state index in [4.69, 9.17) is 0 Å². The molecule has 4 heteroatoms. The van der Waals surface area contributed by atoms with E-state index < -0.39 is 0 Å². The highest BCUT2D eigenvalue weighted by molar-refractivity contribution is 5.96. The molecule has 2 aliphatic rings. The van der Waals surface area contributed by atoms with E-state index in [-0.39, 0.29) is 6.04 Å². The predicted molar refractivity (Wildman–Crippen MR) is 280 cm³/mol. The van der Waals surface area contributed by atoms with Gasteiger partial charge in [-0.15, -0.1) is 0 Å². The summed E-state index contributed by atoms with van der Waals surface area (Å²) in [5.74, 6) is 0.496. The summed E-state index contributed by atoms with van der Waals surface area (Å²) in [6.45, 7) is 16.7. The standard InChI is InChI=1S/C38H32N2.C26H25N2/c1-27(2)28-22-24-31(25-23-28)39-26-40-36(34-19-10-15-30-14-6-7-16-32(30)34)20-11-21-37(40)38(39)35-18-9-8-17-33(35)29-12-4-3-5-13-29;1-18-14-19(2)26(20(3)15-18)27-16-22-10-7-13-25(28(22)17-27)24-12-6-9-21-8-4-5-11-23(21)24/h3-27,38H,1-2H3;4-15,17,27H,16H2,1-3H3/q;+1. The maximum absolute atomic E-state index is 2.44.